The van der Waals surface area contributed by atoms with E-state index in [2.05, 4.69) is 31.9 Å². The van der Waals surface area contributed by atoms with Crippen LogP contribution in [0.1, 0.15) is 71.8 Å². The Kier molecular flexibility index (Phi) is 19.5. The maximum atomic E-state index is 13.7. The first kappa shape index (κ1) is 49.1. The molecule has 6 amide bonds. The van der Waals surface area contributed by atoms with Gasteiger partial charge < -0.3 is 69.3 Å². The number of benzene rings is 1. The molecule has 1 heterocycles. The van der Waals surface area contributed by atoms with Gasteiger partial charge in [0.25, 0.3) is 0 Å². The second-order valence-electron chi connectivity index (χ2n) is 15.0. The van der Waals surface area contributed by atoms with Crippen LogP contribution in [0.25, 0.3) is 0 Å². The number of amidine groups is 1. The zero-order valence-corrected chi connectivity index (χ0v) is 33.7. The number of likely N-dealkylation sites (tertiary alicyclic amines) is 1. The number of carbonyl (C=O) groups is 7. The minimum atomic E-state index is -1.59. The Balaban J connectivity index is 2.24. The lowest BCUT2D eigenvalue weighted by Crippen LogP contribution is -2.60. The third kappa shape index (κ3) is 16.8. The Morgan fingerprint density at radius 2 is 1.51 bits per heavy atom. The number of amides is 6. The number of carbonyl (C=O) groups excluding carboxylic acids is 6. The number of nitrogens with two attached hydrogens (primary N) is 3. The zero-order valence-electron chi connectivity index (χ0n) is 33.7. The number of aliphatic hydroxyl groups is 1. The largest absolute Gasteiger partial charge is 0.508 e. The minimum absolute atomic E-state index is 0.0365. The highest BCUT2D eigenvalue weighted by molar-refractivity contribution is 5.96. The molecule has 1 aromatic carbocycles. The molecule has 59 heavy (non-hydrogen) atoms. The summed E-state index contributed by atoms with van der Waals surface area (Å²) in [6.45, 7) is 6.38. The van der Waals surface area contributed by atoms with Crippen LogP contribution in [0.3, 0.4) is 0 Å². The van der Waals surface area contributed by atoms with E-state index in [1.165, 1.54) is 43.0 Å². The summed E-state index contributed by atoms with van der Waals surface area (Å²) in [4.78, 5) is 91.2. The SMILES string of the molecule is CC(C)C[C@@H](NC(=N)[C@@H](CCC(=O)O)N1C[C@@H](NC(=O)[C@H](NC(=O)[C@@H](Cc2ccc(O)cc2)NC(=O)[C@H](N)CCCNC(=N)N)[C@@H](C)O)CC1=O)C(=O)N[C@H](C)C(N)=O. The van der Waals surface area contributed by atoms with Crippen molar-refractivity contribution in [2.45, 2.75) is 121 Å². The second kappa shape index (κ2) is 23.4. The molecule has 0 spiro atoms. The number of nitrogens with zero attached hydrogens (tertiary/aromatic N) is 1. The molecule has 1 fully saturated rings. The molecule has 1 aromatic rings. The van der Waals surface area contributed by atoms with E-state index >= 15 is 0 Å². The number of aliphatic carboxylic acids is 1. The van der Waals surface area contributed by atoms with Crippen molar-refractivity contribution in [3.63, 3.8) is 0 Å². The number of guanidine groups is 1. The first-order chi connectivity index (χ1) is 27.6. The van der Waals surface area contributed by atoms with Crippen molar-refractivity contribution >= 4 is 53.2 Å². The van der Waals surface area contributed by atoms with E-state index < -0.39 is 96.2 Å². The van der Waals surface area contributed by atoms with E-state index in [9.17, 15) is 48.9 Å². The average molecular weight is 833 g/mol. The van der Waals surface area contributed by atoms with E-state index in [1.807, 2.05) is 13.8 Å². The molecule has 8 atom stereocenters. The molecule has 0 unspecified atom stereocenters. The number of nitrogens with one attached hydrogen (secondary N) is 8. The first-order valence-corrected chi connectivity index (χ1v) is 19.3. The molecule has 17 N–H and O–H groups in total. The summed E-state index contributed by atoms with van der Waals surface area (Å²) >= 11 is 0. The number of primary amides is 1. The van der Waals surface area contributed by atoms with Crippen LogP contribution in [0.4, 0.5) is 0 Å². The predicted octanol–water partition coefficient (Wildman–Crippen LogP) is -3.20. The molecule has 0 saturated carbocycles. The Bertz CT molecular complexity index is 1670. The molecule has 0 radical (unpaired) electrons. The monoisotopic (exact) mass is 832 g/mol. The smallest absolute Gasteiger partial charge is 0.303 e. The minimum Gasteiger partial charge on any atom is -0.508 e. The van der Waals surface area contributed by atoms with Gasteiger partial charge in [0.2, 0.25) is 35.4 Å². The summed E-state index contributed by atoms with van der Waals surface area (Å²) in [5, 5.41) is 61.4. The van der Waals surface area contributed by atoms with Crippen LogP contribution in [-0.2, 0) is 40.0 Å². The van der Waals surface area contributed by atoms with Crippen LogP contribution in [0.2, 0.25) is 0 Å². The van der Waals surface area contributed by atoms with Gasteiger partial charge in [-0.3, -0.25) is 44.4 Å². The maximum Gasteiger partial charge on any atom is 0.303 e. The van der Waals surface area contributed by atoms with E-state index in [0.717, 1.165) is 0 Å². The highest BCUT2D eigenvalue weighted by Crippen LogP contribution is 2.20. The topological polar surface area (TPSA) is 381 Å². The molecule has 0 bridgehead atoms. The maximum absolute atomic E-state index is 13.7. The Morgan fingerprint density at radius 3 is 2.07 bits per heavy atom. The molecule has 22 nitrogen and oxygen atoms in total. The summed E-state index contributed by atoms with van der Waals surface area (Å²) in [6.07, 6.45) is -1.78. The number of phenols is 1. The normalized spacial score (nSPS) is 17.3. The van der Waals surface area contributed by atoms with E-state index in [1.54, 1.807) is 0 Å². The zero-order chi connectivity index (χ0) is 44.6. The van der Waals surface area contributed by atoms with Crippen LogP contribution in [-0.4, -0.2) is 135 Å². The van der Waals surface area contributed by atoms with Crippen molar-refractivity contribution in [3.05, 3.63) is 29.8 Å². The van der Waals surface area contributed by atoms with Gasteiger partial charge in [0.15, 0.2) is 5.96 Å². The van der Waals surface area contributed by atoms with Gasteiger partial charge in [0.05, 0.1) is 24.2 Å². The molecule has 0 aliphatic carbocycles. The van der Waals surface area contributed by atoms with Gasteiger partial charge in [0, 0.05) is 32.4 Å². The van der Waals surface area contributed by atoms with Crippen LogP contribution in [0, 0.1) is 16.7 Å². The Hall–Kier alpha value is -6.03. The first-order valence-electron chi connectivity index (χ1n) is 19.3. The number of hydrogen-bond donors (Lipinski definition) is 14. The van der Waals surface area contributed by atoms with Gasteiger partial charge in [-0.2, -0.15) is 0 Å². The van der Waals surface area contributed by atoms with Crippen LogP contribution < -0.4 is 49.1 Å². The number of aromatic hydroxyl groups is 1. The van der Waals surface area contributed by atoms with Gasteiger partial charge >= 0.3 is 5.97 Å². The summed E-state index contributed by atoms with van der Waals surface area (Å²) in [6, 6.07) is -2.27. The van der Waals surface area contributed by atoms with Crippen LogP contribution in [0.5, 0.6) is 5.75 Å². The van der Waals surface area contributed by atoms with Crippen LogP contribution >= 0.6 is 0 Å². The number of hydrogen-bond acceptors (Lipinski definition) is 12. The van der Waals surface area contributed by atoms with Crippen molar-refractivity contribution in [2.24, 2.45) is 23.1 Å². The summed E-state index contributed by atoms with van der Waals surface area (Å²) in [5.41, 5.74) is 17.1. The fourth-order valence-electron chi connectivity index (χ4n) is 6.20. The summed E-state index contributed by atoms with van der Waals surface area (Å²) < 4.78 is 0. The molecule has 1 aliphatic rings. The molecular formula is C37H60N12O10. The molecular weight excluding hydrogens is 772 g/mol. The van der Waals surface area contributed by atoms with E-state index in [4.69, 9.17) is 28.0 Å². The standard InChI is InChI=1S/C37H60N12O10/c1-18(2)14-25(34(57)44-19(3)32(40)55)46-31(39)27(11-12-29(53)54)49-17-22(16-28(49)52)45-36(59)30(20(4)50)48-35(58)26(15-21-7-9-23(51)10-8-21)47-33(56)24(38)6-5-13-43-37(41)42/h7-10,18-20,22,24-27,30,50-51H,5-6,11-17,38H2,1-4H3,(H2,39,46)(H2,40,55)(H,44,57)(H,45,59)(H,47,56)(H,48,58)(H,53,54)(H4,41,42,43)/t19-,20-,22+,24-,25-,26-,27-,30-/m1/s1. The van der Waals surface area contributed by atoms with Crippen molar-refractivity contribution in [1.82, 2.24) is 36.8 Å². The van der Waals surface area contributed by atoms with Gasteiger partial charge in [-0.15, -0.1) is 0 Å². The van der Waals surface area contributed by atoms with E-state index in [0.29, 0.717) is 12.0 Å². The highest BCUT2D eigenvalue weighted by Gasteiger charge is 2.40. The molecule has 1 aliphatic heterocycles. The fourth-order valence-corrected chi connectivity index (χ4v) is 6.20. The lowest BCUT2D eigenvalue weighted by atomic mass is 10.0. The second-order valence-corrected chi connectivity index (χ2v) is 15.0. The molecule has 2 rings (SSSR count). The quantitative estimate of drug-likeness (QED) is 0.0277. The number of carboxylic acids is 1. The number of rotatable bonds is 24. The lowest BCUT2D eigenvalue weighted by Gasteiger charge is -2.32. The van der Waals surface area contributed by atoms with Gasteiger partial charge in [-0.1, -0.05) is 26.0 Å². The van der Waals surface area contributed by atoms with Crippen LogP contribution in [0.15, 0.2) is 24.3 Å². The van der Waals surface area contributed by atoms with Crippen molar-refractivity contribution < 1.29 is 48.9 Å². The third-order valence-corrected chi connectivity index (χ3v) is 9.40. The lowest BCUT2D eigenvalue weighted by molar-refractivity contribution is -0.138. The highest BCUT2D eigenvalue weighted by atomic mass is 16.4. The Labute approximate surface area is 342 Å². The number of phenolic OH excluding ortho intramolecular Hbond substituents is 1. The number of carboxylic acid groups (broad SMARTS) is 1. The van der Waals surface area contributed by atoms with Crippen molar-refractivity contribution in [2.75, 3.05) is 13.1 Å². The van der Waals surface area contributed by atoms with Crippen molar-refractivity contribution in [3.8, 4) is 5.75 Å². The summed E-state index contributed by atoms with van der Waals surface area (Å²) in [7, 11) is 0. The fraction of sp³-hybridized carbons (Fsp3) is 0.595. The third-order valence-electron chi connectivity index (χ3n) is 9.40. The van der Waals surface area contributed by atoms with Crippen molar-refractivity contribution in [1.29, 1.82) is 10.8 Å². The number of aliphatic hydroxyl groups excluding tert-OH is 1. The molecule has 0 aromatic heterocycles. The van der Waals surface area contributed by atoms with E-state index in [-0.39, 0.29) is 68.7 Å². The summed E-state index contributed by atoms with van der Waals surface area (Å²) in [5.74, 6) is -6.30. The average Bonchev–Trinajstić information content (AvgIpc) is 3.50. The molecule has 22 heteroatoms. The van der Waals surface area contributed by atoms with Gasteiger partial charge in [0.1, 0.15) is 35.8 Å². The Morgan fingerprint density at radius 1 is 0.881 bits per heavy atom. The van der Waals surface area contributed by atoms with Gasteiger partial charge in [-0.25, -0.2) is 0 Å². The van der Waals surface area contributed by atoms with Gasteiger partial charge in [-0.05, 0) is 63.1 Å². The molecule has 328 valence electrons. The molecule has 1 saturated heterocycles. The predicted molar refractivity (Wildman–Crippen MR) is 214 cm³/mol.